The number of anilines is 1. The van der Waals surface area contributed by atoms with E-state index in [0.717, 1.165) is 18.0 Å². The van der Waals surface area contributed by atoms with E-state index in [4.69, 9.17) is 4.74 Å². The minimum Gasteiger partial charge on any atom is -0.496 e. The van der Waals surface area contributed by atoms with Gasteiger partial charge in [0, 0.05) is 18.3 Å². The maximum Gasteiger partial charge on any atom is 0.123 e. The largest absolute Gasteiger partial charge is 0.496 e. The number of hydrogen-bond acceptors (Lipinski definition) is 2. The van der Waals surface area contributed by atoms with E-state index in [0.29, 0.717) is 0 Å². The molecule has 104 valence electrons. The monoisotopic (exact) mass is 251 g/mol. The Balaban J connectivity index is 0.00000137. The van der Waals surface area contributed by atoms with E-state index in [9.17, 15) is 0 Å². The van der Waals surface area contributed by atoms with Crippen LogP contribution in [-0.2, 0) is 0 Å². The second kappa shape index (κ2) is 10.9. The van der Waals surface area contributed by atoms with E-state index in [1.54, 1.807) is 7.11 Å². The maximum absolute atomic E-state index is 5.29. The second-order valence-electron chi connectivity index (χ2n) is 4.17. The van der Waals surface area contributed by atoms with Crippen LogP contribution in [0.15, 0.2) is 18.2 Å². The first kappa shape index (κ1) is 16.8. The van der Waals surface area contributed by atoms with Crippen LogP contribution in [0.5, 0.6) is 5.75 Å². The van der Waals surface area contributed by atoms with E-state index < -0.39 is 0 Å². The molecule has 0 unspecified atom stereocenters. The highest BCUT2D eigenvalue weighted by molar-refractivity contribution is 5.51. The van der Waals surface area contributed by atoms with Gasteiger partial charge in [-0.1, -0.05) is 46.1 Å². The molecule has 0 aliphatic rings. The van der Waals surface area contributed by atoms with Crippen LogP contribution >= 0.6 is 0 Å². The Morgan fingerprint density at radius 3 is 2.44 bits per heavy atom. The maximum atomic E-state index is 5.29. The van der Waals surface area contributed by atoms with Crippen molar-refractivity contribution in [2.75, 3.05) is 19.0 Å². The Morgan fingerprint density at radius 1 is 1.11 bits per heavy atom. The molecular weight excluding hydrogens is 222 g/mol. The summed E-state index contributed by atoms with van der Waals surface area (Å²) in [4.78, 5) is 0. The quantitative estimate of drug-likeness (QED) is 0.687. The number of hydrogen-bond donors (Lipinski definition) is 1. The van der Waals surface area contributed by atoms with Gasteiger partial charge in [-0.3, -0.25) is 0 Å². The topological polar surface area (TPSA) is 21.3 Å². The van der Waals surface area contributed by atoms with Crippen molar-refractivity contribution >= 4 is 5.69 Å². The van der Waals surface area contributed by atoms with Crippen LogP contribution in [0.25, 0.3) is 0 Å². The van der Waals surface area contributed by atoms with E-state index in [1.807, 2.05) is 13.8 Å². The third kappa shape index (κ3) is 6.53. The van der Waals surface area contributed by atoms with Crippen molar-refractivity contribution in [3.05, 3.63) is 23.8 Å². The Morgan fingerprint density at radius 2 is 1.83 bits per heavy atom. The van der Waals surface area contributed by atoms with Gasteiger partial charge in [0.05, 0.1) is 7.11 Å². The first-order chi connectivity index (χ1) is 8.77. The summed E-state index contributed by atoms with van der Waals surface area (Å²) in [6.07, 6.45) is 5.17. The zero-order valence-corrected chi connectivity index (χ0v) is 12.7. The smallest absolute Gasteiger partial charge is 0.123 e. The average molecular weight is 251 g/mol. The summed E-state index contributed by atoms with van der Waals surface area (Å²) < 4.78 is 5.29. The number of rotatable bonds is 7. The van der Waals surface area contributed by atoms with Crippen LogP contribution in [0.2, 0.25) is 0 Å². The summed E-state index contributed by atoms with van der Waals surface area (Å²) in [5.41, 5.74) is 2.33. The lowest BCUT2D eigenvalue weighted by atomic mass is 10.2. The Bertz CT molecular complexity index is 310. The molecule has 1 aromatic carbocycles. The standard InChI is InChI=1S/C14H23NO.C2H6/c1-4-5-6-7-10-15-13-9-8-12(2)14(11-13)16-3;1-2/h8-9,11,15H,4-7,10H2,1-3H3;1-2H3. The molecule has 0 saturated heterocycles. The first-order valence-corrected chi connectivity index (χ1v) is 7.16. The van der Waals surface area contributed by atoms with Crippen LogP contribution in [0, 0.1) is 6.92 Å². The number of aryl methyl sites for hydroxylation is 1. The van der Waals surface area contributed by atoms with Crippen molar-refractivity contribution in [3.8, 4) is 5.75 Å². The molecule has 2 heteroatoms. The molecule has 0 bridgehead atoms. The molecule has 0 fully saturated rings. The third-order valence-corrected chi connectivity index (χ3v) is 2.77. The molecule has 0 saturated carbocycles. The Kier molecular flexibility index (Phi) is 10.2. The molecule has 0 amide bonds. The number of unbranched alkanes of at least 4 members (excludes halogenated alkanes) is 3. The lowest BCUT2D eigenvalue weighted by Crippen LogP contribution is -2.01. The van der Waals surface area contributed by atoms with E-state index >= 15 is 0 Å². The molecule has 0 spiro atoms. The van der Waals surface area contributed by atoms with Gasteiger partial charge in [0.1, 0.15) is 5.75 Å². The fourth-order valence-corrected chi connectivity index (χ4v) is 1.71. The lowest BCUT2D eigenvalue weighted by Gasteiger charge is -2.09. The van der Waals surface area contributed by atoms with Crippen molar-refractivity contribution < 1.29 is 4.74 Å². The number of benzene rings is 1. The predicted octanol–water partition coefficient (Wildman–Crippen LogP) is 5.02. The molecule has 0 aromatic heterocycles. The van der Waals surface area contributed by atoms with Gasteiger partial charge < -0.3 is 10.1 Å². The van der Waals surface area contributed by atoms with Crippen molar-refractivity contribution in [2.24, 2.45) is 0 Å². The normalized spacial score (nSPS) is 9.39. The van der Waals surface area contributed by atoms with Gasteiger partial charge in [-0.05, 0) is 25.0 Å². The summed E-state index contributed by atoms with van der Waals surface area (Å²) in [6, 6.07) is 6.26. The molecule has 0 heterocycles. The van der Waals surface area contributed by atoms with Crippen molar-refractivity contribution in [1.29, 1.82) is 0 Å². The van der Waals surface area contributed by atoms with Gasteiger partial charge in [-0.25, -0.2) is 0 Å². The highest BCUT2D eigenvalue weighted by Gasteiger charge is 1.99. The fraction of sp³-hybridized carbons (Fsp3) is 0.625. The Labute approximate surface area is 113 Å². The van der Waals surface area contributed by atoms with Crippen LogP contribution in [0.1, 0.15) is 52.0 Å². The highest BCUT2D eigenvalue weighted by atomic mass is 16.5. The summed E-state index contributed by atoms with van der Waals surface area (Å²) in [5, 5.41) is 3.43. The molecule has 1 N–H and O–H groups in total. The minimum absolute atomic E-state index is 0.957. The number of ether oxygens (including phenoxy) is 1. The van der Waals surface area contributed by atoms with E-state index in [-0.39, 0.29) is 0 Å². The van der Waals surface area contributed by atoms with Gasteiger partial charge >= 0.3 is 0 Å². The molecule has 1 aromatic rings. The molecule has 0 radical (unpaired) electrons. The van der Waals surface area contributed by atoms with Crippen molar-refractivity contribution in [1.82, 2.24) is 0 Å². The van der Waals surface area contributed by atoms with Gasteiger partial charge in [-0.15, -0.1) is 0 Å². The number of nitrogens with one attached hydrogen (secondary N) is 1. The molecule has 0 atom stereocenters. The predicted molar refractivity (Wildman–Crippen MR) is 81.7 cm³/mol. The minimum atomic E-state index is 0.957. The molecule has 18 heavy (non-hydrogen) atoms. The average Bonchev–Trinajstić information content (AvgIpc) is 2.42. The molecule has 2 nitrogen and oxygen atoms in total. The third-order valence-electron chi connectivity index (χ3n) is 2.77. The molecular formula is C16H29NO. The van der Waals surface area contributed by atoms with E-state index in [1.165, 1.54) is 31.2 Å². The van der Waals surface area contributed by atoms with Crippen LogP contribution in [0.4, 0.5) is 5.69 Å². The zero-order valence-electron chi connectivity index (χ0n) is 12.7. The Hall–Kier alpha value is -1.18. The highest BCUT2D eigenvalue weighted by Crippen LogP contribution is 2.22. The molecule has 1 rings (SSSR count). The van der Waals surface area contributed by atoms with Crippen LogP contribution < -0.4 is 10.1 Å². The summed E-state index contributed by atoms with van der Waals surface area (Å²) in [5.74, 6) is 0.957. The summed E-state index contributed by atoms with van der Waals surface area (Å²) >= 11 is 0. The summed E-state index contributed by atoms with van der Waals surface area (Å²) in [6.45, 7) is 9.34. The fourth-order valence-electron chi connectivity index (χ4n) is 1.71. The SMILES string of the molecule is CC.CCCCCCNc1ccc(C)c(OC)c1. The second-order valence-corrected chi connectivity index (χ2v) is 4.17. The molecule has 0 aliphatic heterocycles. The van der Waals surface area contributed by atoms with E-state index in [2.05, 4.69) is 37.4 Å². The van der Waals surface area contributed by atoms with Gasteiger partial charge in [0.15, 0.2) is 0 Å². The molecule has 0 aliphatic carbocycles. The van der Waals surface area contributed by atoms with Crippen molar-refractivity contribution in [3.63, 3.8) is 0 Å². The van der Waals surface area contributed by atoms with Gasteiger partial charge in [0.25, 0.3) is 0 Å². The van der Waals surface area contributed by atoms with Gasteiger partial charge in [0.2, 0.25) is 0 Å². The first-order valence-electron chi connectivity index (χ1n) is 7.16. The van der Waals surface area contributed by atoms with Crippen LogP contribution in [0.3, 0.4) is 0 Å². The zero-order chi connectivity index (χ0) is 13.8. The van der Waals surface area contributed by atoms with Gasteiger partial charge in [-0.2, -0.15) is 0 Å². The van der Waals surface area contributed by atoms with Crippen molar-refractivity contribution in [2.45, 2.75) is 53.4 Å². The summed E-state index contributed by atoms with van der Waals surface area (Å²) in [7, 11) is 1.72. The van der Waals surface area contributed by atoms with Crippen LogP contribution in [-0.4, -0.2) is 13.7 Å². The number of methoxy groups -OCH3 is 1. The lowest BCUT2D eigenvalue weighted by molar-refractivity contribution is 0.412.